The second-order valence-corrected chi connectivity index (χ2v) is 10.9. The normalized spacial score (nSPS) is 25.2. The second kappa shape index (κ2) is 7.08. The zero-order valence-corrected chi connectivity index (χ0v) is 19.9. The molecular formula is C25H39N5. The van der Waals surface area contributed by atoms with Gasteiger partial charge in [0.15, 0.2) is 0 Å². The number of nitrogens with zero attached hydrogens (tertiary/aromatic N) is 3. The minimum Gasteiger partial charge on any atom is -0.364 e. The maximum absolute atomic E-state index is 4.83. The number of pyridine rings is 1. The Morgan fingerprint density at radius 3 is 2.37 bits per heavy atom. The first-order chi connectivity index (χ1) is 14.1. The number of hydrogen-bond donors (Lipinski definition) is 2. The number of aryl methyl sites for hydroxylation is 2. The highest BCUT2D eigenvalue weighted by Gasteiger charge is 2.77. The molecule has 2 atom stereocenters. The standard InChI is InChI=1S/C25H39N5/c1-8-23(6,25(22(3,4)5)17-24(25)11-13-26-14-12-24)28-21-10-9-19(15-27-21)20-16-30(7)29-18(20)2/h9-10,15-16,26H,8,11-14,17H2,1-7H3,(H,27,28). The first-order valence-electron chi connectivity index (χ1n) is 11.5. The Balaban J connectivity index is 1.64. The van der Waals surface area contributed by atoms with E-state index in [1.807, 2.05) is 24.9 Å². The van der Waals surface area contributed by atoms with E-state index in [0.29, 0.717) is 5.41 Å². The molecule has 2 aromatic rings. The molecule has 2 unspecified atom stereocenters. The molecule has 3 heterocycles. The SMILES string of the molecule is CCC(C)(Nc1ccc(-c2cn(C)nc2C)cn1)C1(C(C)(C)C)CC12CCNCC2. The molecule has 1 saturated heterocycles. The second-order valence-electron chi connectivity index (χ2n) is 10.9. The van der Waals surface area contributed by atoms with Crippen LogP contribution in [0.4, 0.5) is 5.82 Å². The Labute approximate surface area is 182 Å². The van der Waals surface area contributed by atoms with Crippen molar-refractivity contribution in [2.24, 2.45) is 23.3 Å². The van der Waals surface area contributed by atoms with Gasteiger partial charge in [-0.05, 0) is 75.6 Å². The molecule has 2 aliphatic rings. The highest BCUT2D eigenvalue weighted by molar-refractivity contribution is 5.65. The average Bonchev–Trinajstić information content (AvgIpc) is 3.24. The molecule has 0 amide bonds. The molecule has 1 spiro atoms. The first kappa shape index (κ1) is 21.4. The molecule has 0 bridgehead atoms. The van der Waals surface area contributed by atoms with Crippen LogP contribution in [-0.2, 0) is 7.05 Å². The van der Waals surface area contributed by atoms with Gasteiger partial charge in [0.2, 0.25) is 0 Å². The monoisotopic (exact) mass is 409 g/mol. The molecule has 30 heavy (non-hydrogen) atoms. The minimum absolute atomic E-state index is 0.00132. The number of rotatable bonds is 5. The van der Waals surface area contributed by atoms with E-state index in [0.717, 1.165) is 42.1 Å². The van der Waals surface area contributed by atoms with Crippen LogP contribution in [0.1, 0.15) is 66.0 Å². The lowest BCUT2D eigenvalue weighted by Crippen LogP contribution is -2.54. The van der Waals surface area contributed by atoms with Crippen LogP contribution in [-0.4, -0.2) is 33.4 Å². The van der Waals surface area contributed by atoms with E-state index in [1.54, 1.807) is 0 Å². The zero-order chi connectivity index (χ0) is 21.8. The lowest BCUT2D eigenvalue weighted by atomic mass is 9.59. The summed E-state index contributed by atoms with van der Waals surface area (Å²) in [6, 6.07) is 4.32. The maximum atomic E-state index is 4.83. The van der Waals surface area contributed by atoms with Crippen LogP contribution in [0.15, 0.2) is 24.5 Å². The van der Waals surface area contributed by atoms with Crippen molar-refractivity contribution < 1.29 is 0 Å². The molecule has 164 valence electrons. The smallest absolute Gasteiger partial charge is 0.126 e. The summed E-state index contributed by atoms with van der Waals surface area (Å²) >= 11 is 0. The molecule has 2 aromatic heterocycles. The summed E-state index contributed by atoms with van der Waals surface area (Å²) < 4.78 is 1.86. The van der Waals surface area contributed by atoms with Gasteiger partial charge in [0, 0.05) is 41.5 Å². The Bertz CT molecular complexity index is 901. The summed E-state index contributed by atoms with van der Waals surface area (Å²) in [6.07, 6.45) is 9.02. The fourth-order valence-electron chi connectivity index (χ4n) is 6.93. The minimum atomic E-state index is 0.00132. The summed E-state index contributed by atoms with van der Waals surface area (Å²) in [5.74, 6) is 0.976. The van der Waals surface area contributed by atoms with Crippen molar-refractivity contribution >= 4 is 5.82 Å². The summed E-state index contributed by atoms with van der Waals surface area (Å²) in [4.78, 5) is 4.83. The van der Waals surface area contributed by atoms with E-state index < -0.39 is 0 Å². The van der Waals surface area contributed by atoms with Crippen LogP contribution in [0.5, 0.6) is 0 Å². The van der Waals surface area contributed by atoms with Crippen LogP contribution >= 0.6 is 0 Å². The zero-order valence-electron chi connectivity index (χ0n) is 19.9. The summed E-state index contributed by atoms with van der Waals surface area (Å²) in [6.45, 7) is 16.5. The fraction of sp³-hybridized carbons (Fsp3) is 0.680. The summed E-state index contributed by atoms with van der Waals surface area (Å²) in [5.41, 5.74) is 4.25. The number of hydrogen-bond acceptors (Lipinski definition) is 4. The third-order valence-corrected chi connectivity index (χ3v) is 8.37. The Kier molecular flexibility index (Phi) is 5.04. The van der Waals surface area contributed by atoms with Crippen LogP contribution < -0.4 is 10.6 Å². The number of nitrogens with one attached hydrogen (secondary N) is 2. The first-order valence-corrected chi connectivity index (χ1v) is 11.5. The molecule has 5 heteroatoms. The molecule has 1 aliphatic carbocycles. The van der Waals surface area contributed by atoms with E-state index in [-0.39, 0.29) is 16.4 Å². The third kappa shape index (κ3) is 3.08. The third-order valence-electron chi connectivity index (χ3n) is 8.37. The number of piperidine rings is 1. The van der Waals surface area contributed by atoms with E-state index in [9.17, 15) is 0 Å². The Hall–Kier alpha value is -1.88. The fourth-order valence-corrected chi connectivity index (χ4v) is 6.93. The number of aromatic nitrogens is 3. The molecule has 2 N–H and O–H groups in total. The van der Waals surface area contributed by atoms with Crippen molar-refractivity contribution in [2.45, 2.75) is 72.8 Å². The van der Waals surface area contributed by atoms with Gasteiger partial charge >= 0.3 is 0 Å². The largest absolute Gasteiger partial charge is 0.364 e. The predicted molar refractivity (Wildman–Crippen MR) is 125 cm³/mol. The van der Waals surface area contributed by atoms with Gasteiger partial charge in [-0.25, -0.2) is 4.98 Å². The molecule has 0 aromatic carbocycles. The van der Waals surface area contributed by atoms with Gasteiger partial charge < -0.3 is 10.6 Å². The van der Waals surface area contributed by atoms with Crippen LogP contribution in [0.3, 0.4) is 0 Å². The lowest BCUT2D eigenvalue weighted by Gasteiger charge is -2.51. The molecule has 1 aliphatic heterocycles. The van der Waals surface area contributed by atoms with Crippen molar-refractivity contribution in [1.29, 1.82) is 0 Å². The number of anilines is 1. The van der Waals surface area contributed by atoms with Crippen LogP contribution in [0.25, 0.3) is 11.1 Å². The van der Waals surface area contributed by atoms with Crippen LogP contribution in [0.2, 0.25) is 0 Å². The molecule has 2 fully saturated rings. The molecule has 0 radical (unpaired) electrons. The van der Waals surface area contributed by atoms with Gasteiger partial charge in [-0.15, -0.1) is 0 Å². The highest BCUT2D eigenvalue weighted by Crippen LogP contribution is 2.80. The quantitative estimate of drug-likeness (QED) is 0.715. The maximum Gasteiger partial charge on any atom is 0.126 e. The van der Waals surface area contributed by atoms with Gasteiger partial charge in [-0.2, -0.15) is 5.10 Å². The topological polar surface area (TPSA) is 54.8 Å². The van der Waals surface area contributed by atoms with E-state index >= 15 is 0 Å². The van der Waals surface area contributed by atoms with Crippen molar-refractivity contribution in [3.05, 3.63) is 30.2 Å². The molecular weight excluding hydrogens is 370 g/mol. The Morgan fingerprint density at radius 1 is 1.17 bits per heavy atom. The van der Waals surface area contributed by atoms with E-state index in [4.69, 9.17) is 4.98 Å². The van der Waals surface area contributed by atoms with E-state index in [1.165, 1.54) is 19.3 Å². The lowest BCUT2D eigenvalue weighted by molar-refractivity contribution is 0.0569. The van der Waals surface area contributed by atoms with Crippen molar-refractivity contribution in [3.8, 4) is 11.1 Å². The predicted octanol–water partition coefficient (Wildman–Crippen LogP) is 5.18. The summed E-state index contributed by atoms with van der Waals surface area (Å²) in [7, 11) is 1.96. The van der Waals surface area contributed by atoms with E-state index in [2.05, 4.69) is 68.7 Å². The molecule has 4 rings (SSSR count). The van der Waals surface area contributed by atoms with Crippen molar-refractivity contribution in [2.75, 3.05) is 18.4 Å². The highest BCUT2D eigenvalue weighted by atomic mass is 15.2. The molecule has 5 nitrogen and oxygen atoms in total. The van der Waals surface area contributed by atoms with Gasteiger partial charge in [0.05, 0.1) is 5.69 Å². The summed E-state index contributed by atoms with van der Waals surface area (Å²) in [5, 5.41) is 12.0. The van der Waals surface area contributed by atoms with Gasteiger partial charge in [0.1, 0.15) is 5.82 Å². The molecule has 1 saturated carbocycles. The van der Waals surface area contributed by atoms with Crippen LogP contribution in [0, 0.1) is 23.2 Å². The van der Waals surface area contributed by atoms with Crippen molar-refractivity contribution in [1.82, 2.24) is 20.1 Å². The van der Waals surface area contributed by atoms with Gasteiger partial charge in [-0.3, -0.25) is 4.68 Å². The van der Waals surface area contributed by atoms with Gasteiger partial charge in [-0.1, -0.05) is 27.7 Å². The Morgan fingerprint density at radius 2 is 1.87 bits per heavy atom. The van der Waals surface area contributed by atoms with Crippen molar-refractivity contribution in [3.63, 3.8) is 0 Å². The van der Waals surface area contributed by atoms with Gasteiger partial charge in [0.25, 0.3) is 0 Å². The average molecular weight is 410 g/mol.